The molecule has 1 saturated heterocycles. The third kappa shape index (κ3) is 3.93. The van der Waals surface area contributed by atoms with Crippen LogP contribution in [-0.2, 0) is 4.74 Å². The SMILES string of the molecule is CN(C)C(=O)Nc1ncnc2c1cnn2[C@@H]1O[C@H]([C@H](O)c2ccc(Cl)cc2)[C@@H](O)[C@H]1O. The van der Waals surface area contributed by atoms with Gasteiger partial charge in [-0.2, -0.15) is 5.10 Å². The molecule has 1 aromatic carbocycles. The van der Waals surface area contributed by atoms with Gasteiger partial charge in [0, 0.05) is 19.1 Å². The minimum atomic E-state index is -1.38. The Morgan fingerprint density at radius 1 is 1.23 bits per heavy atom. The number of rotatable bonds is 4. The third-order valence-electron chi connectivity index (χ3n) is 5.06. The summed E-state index contributed by atoms with van der Waals surface area (Å²) in [6.07, 6.45) is -3.55. The lowest BCUT2D eigenvalue weighted by Gasteiger charge is -2.21. The summed E-state index contributed by atoms with van der Waals surface area (Å²) >= 11 is 5.88. The molecule has 0 radical (unpaired) electrons. The lowest BCUT2D eigenvalue weighted by Crippen LogP contribution is -2.35. The monoisotopic (exact) mass is 448 g/mol. The fourth-order valence-corrected chi connectivity index (χ4v) is 3.49. The topological polar surface area (TPSA) is 146 Å². The summed E-state index contributed by atoms with van der Waals surface area (Å²) in [7, 11) is 3.18. The van der Waals surface area contributed by atoms with E-state index in [0.29, 0.717) is 16.0 Å². The first-order chi connectivity index (χ1) is 14.8. The molecular weight excluding hydrogens is 428 g/mol. The Balaban J connectivity index is 1.62. The van der Waals surface area contributed by atoms with Crippen LogP contribution in [0.4, 0.5) is 10.6 Å². The van der Waals surface area contributed by atoms with E-state index in [-0.39, 0.29) is 17.5 Å². The van der Waals surface area contributed by atoms with Crippen molar-refractivity contribution in [3.05, 3.63) is 47.4 Å². The molecule has 3 heterocycles. The van der Waals surface area contributed by atoms with Gasteiger partial charge in [0.25, 0.3) is 0 Å². The number of carbonyl (C=O) groups is 1. The van der Waals surface area contributed by atoms with Gasteiger partial charge < -0.3 is 25.0 Å². The molecule has 1 fully saturated rings. The number of aliphatic hydroxyl groups is 3. The number of benzene rings is 1. The zero-order chi connectivity index (χ0) is 22.3. The molecule has 12 heteroatoms. The molecule has 4 N–H and O–H groups in total. The maximum absolute atomic E-state index is 12.0. The third-order valence-corrected chi connectivity index (χ3v) is 5.31. The number of ether oxygens (including phenoxy) is 1. The number of amides is 2. The van der Waals surface area contributed by atoms with E-state index in [1.807, 2.05) is 0 Å². The van der Waals surface area contributed by atoms with Crippen molar-refractivity contribution in [3.8, 4) is 0 Å². The Morgan fingerprint density at radius 2 is 1.94 bits per heavy atom. The molecule has 3 aromatic rings. The van der Waals surface area contributed by atoms with Crippen molar-refractivity contribution in [2.75, 3.05) is 19.4 Å². The Labute approximate surface area is 181 Å². The quantitative estimate of drug-likeness (QED) is 0.461. The van der Waals surface area contributed by atoms with E-state index < -0.39 is 30.6 Å². The van der Waals surface area contributed by atoms with Crippen molar-refractivity contribution in [2.45, 2.75) is 30.6 Å². The van der Waals surface area contributed by atoms with Gasteiger partial charge in [-0.15, -0.1) is 0 Å². The first kappa shape index (κ1) is 21.4. The van der Waals surface area contributed by atoms with Gasteiger partial charge in [0.05, 0.1) is 11.6 Å². The normalized spacial score (nSPS) is 24.3. The Bertz CT molecular complexity index is 1090. The van der Waals surface area contributed by atoms with Crippen molar-refractivity contribution in [3.63, 3.8) is 0 Å². The number of nitrogens with zero attached hydrogens (tertiary/aromatic N) is 5. The van der Waals surface area contributed by atoms with Crippen LogP contribution in [0.1, 0.15) is 17.9 Å². The van der Waals surface area contributed by atoms with E-state index in [1.54, 1.807) is 38.4 Å². The average molecular weight is 449 g/mol. The number of halogens is 1. The fraction of sp³-hybridized carbons (Fsp3) is 0.368. The summed E-state index contributed by atoms with van der Waals surface area (Å²) in [6.45, 7) is 0. The van der Waals surface area contributed by atoms with Crippen molar-refractivity contribution < 1.29 is 24.9 Å². The number of fused-ring (bicyclic) bond motifs is 1. The summed E-state index contributed by atoms with van der Waals surface area (Å²) in [5.74, 6) is 0.237. The Morgan fingerprint density at radius 3 is 2.61 bits per heavy atom. The lowest BCUT2D eigenvalue weighted by molar-refractivity contribution is -0.0884. The zero-order valence-electron chi connectivity index (χ0n) is 16.6. The summed E-state index contributed by atoms with van der Waals surface area (Å²) in [5.41, 5.74) is 0.754. The summed E-state index contributed by atoms with van der Waals surface area (Å²) in [4.78, 5) is 21.6. The molecule has 4 rings (SSSR count). The number of hydrogen-bond acceptors (Lipinski definition) is 8. The Hall–Kier alpha value is -2.83. The molecule has 0 aliphatic carbocycles. The van der Waals surface area contributed by atoms with Gasteiger partial charge in [-0.3, -0.25) is 5.32 Å². The number of urea groups is 1. The van der Waals surface area contributed by atoms with Crippen molar-refractivity contribution >= 4 is 34.5 Å². The van der Waals surface area contributed by atoms with Gasteiger partial charge in [-0.1, -0.05) is 23.7 Å². The molecule has 1 aliphatic rings. The zero-order valence-corrected chi connectivity index (χ0v) is 17.4. The standard InChI is InChI=1S/C19H21ClN6O5/c1-25(2)19(30)24-16-11-7-23-26(17(11)22-8-21-16)18-14(29)13(28)15(31-18)12(27)9-3-5-10(20)6-4-9/h3-8,12-15,18,27-29H,1-2H3,(H,21,22,24,30)/t12-,13+,14-,15-,18-/m1/s1. The highest BCUT2D eigenvalue weighted by Crippen LogP contribution is 2.37. The maximum atomic E-state index is 12.0. The molecule has 31 heavy (non-hydrogen) atoms. The molecule has 5 atom stereocenters. The highest BCUT2D eigenvalue weighted by molar-refractivity contribution is 6.30. The van der Waals surface area contributed by atoms with Crippen LogP contribution in [0.5, 0.6) is 0 Å². The molecule has 0 spiro atoms. The lowest BCUT2D eigenvalue weighted by atomic mass is 9.99. The predicted molar refractivity (Wildman–Crippen MR) is 110 cm³/mol. The minimum absolute atomic E-state index is 0.237. The molecular formula is C19H21ClN6O5. The Kier molecular flexibility index (Phi) is 5.77. The van der Waals surface area contributed by atoms with E-state index in [0.717, 1.165) is 0 Å². The molecule has 0 bridgehead atoms. The highest BCUT2D eigenvalue weighted by atomic mass is 35.5. The van der Waals surface area contributed by atoms with Gasteiger partial charge in [0.15, 0.2) is 11.9 Å². The van der Waals surface area contributed by atoms with Crippen molar-refractivity contribution in [1.29, 1.82) is 0 Å². The maximum Gasteiger partial charge on any atom is 0.322 e. The van der Waals surface area contributed by atoms with Crippen LogP contribution in [0.2, 0.25) is 5.02 Å². The molecule has 0 unspecified atom stereocenters. The van der Waals surface area contributed by atoms with E-state index in [4.69, 9.17) is 16.3 Å². The van der Waals surface area contributed by atoms with E-state index in [2.05, 4.69) is 20.4 Å². The van der Waals surface area contributed by atoms with E-state index in [1.165, 1.54) is 22.1 Å². The molecule has 164 valence electrons. The van der Waals surface area contributed by atoms with Gasteiger partial charge in [0.1, 0.15) is 36.6 Å². The van der Waals surface area contributed by atoms with Crippen molar-refractivity contribution in [2.24, 2.45) is 0 Å². The first-order valence-corrected chi connectivity index (χ1v) is 9.77. The number of aliphatic hydroxyl groups excluding tert-OH is 3. The van der Waals surface area contributed by atoms with Crippen LogP contribution < -0.4 is 5.32 Å². The molecule has 0 saturated carbocycles. The predicted octanol–water partition coefficient (Wildman–Crippen LogP) is 0.926. The van der Waals surface area contributed by atoms with E-state index in [9.17, 15) is 20.1 Å². The minimum Gasteiger partial charge on any atom is -0.387 e. The van der Waals surface area contributed by atoms with Gasteiger partial charge in [-0.25, -0.2) is 19.4 Å². The number of aromatic nitrogens is 4. The van der Waals surface area contributed by atoms with Crippen LogP contribution in [-0.4, -0.2) is 78.4 Å². The largest absolute Gasteiger partial charge is 0.387 e. The van der Waals surface area contributed by atoms with Gasteiger partial charge >= 0.3 is 6.03 Å². The van der Waals surface area contributed by atoms with Gasteiger partial charge in [-0.05, 0) is 17.7 Å². The van der Waals surface area contributed by atoms with Gasteiger partial charge in [0.2, 0.25) is 0 Å². The molecule has 1 aliphatic heterocycles. The average Bonchev–Trinajstić information content (AvgIpc) is 3.30. The number of nitrogens with one attached hydrogen (secondary N) is 1. The van der Waals surface area contributed by atoms with Crippen LogP contribution in [0.15, 0.2) is 36.8 Å². The van der Waals surface area contributed by atoms with Crippen LogP contribution in [0.3, 0.4) is 0 Å². The van der Waals surface area contributed by atoms with E-state index >= 15 is 0 Å². The van der Waals surface area contributed by atoms with Crippen LogP contribution in [0.25, 0.3) is 11.0 Å². The second-order valence-electron chi connectivity index (χ2n) is 7.34. The highest BCUT2D eigenvalue weighted by Gasteiger charge is 2.48. The molecule has 11 nitrogen and oxygen atoms in total. The van der Waals surface area contributed by atoms with Crippen LogP contribution in [0, 0.1) is 0 Å². The number of carbonyl (C=O) groups excluding carboxylic acids is 1. The summed E-state index contributed by atoms with van der Waals surface area (Å²) in [5, 5.41) is 39.6. The summed E-state index contributed by atoms with van der Waals surface area (Å²) in [6, 6.07) is 6.05. The van der Waals surface area contributed by atoms with Crippen LogP contribution >= 0.6 is 11.6 Å². The number of hydrogen-bond donors (Lipinski definition) is 4. The molecule has 2 amide bonds. The first-order valence-electron chi connectivity index (χ1n) is 9.39. The molecule has 2 aromatic heterocycles. The number of anilines is 1. The van der Waals surface area contributed by atoms with Crippen molar-refractivity contribution in [1.82, 2.24) is 24.6 Å². The summed E-state index contributed by atoms with van der Waals surface area (Å²) < 4.78 is 7.09. The second kappa shape index (κ2) is 8.36. The fourth-order valence-electron chi connectivity index (χ4n) is 3.36. The second-order valence-corrected chi connectivity index (χ2v) is 7.78. The smallest absolute Gasteiger partial charge is 0.322 e.